The van der Waals surface area contributed by atoms with Gasteiger partial charge in [0, 0.05) is 12.6 Å². The van der Waals surface area contributed by atoms with E-state index in [0.29, 0.717) is 6.04 Å². The average Bonchev–Trinajstić information content (AvgIpc) is 1.68. The highest BCUT2D eigenvalue weighted by Crippen LogP contribution is 1.89. The molecular weight excluding hydrogens is 100 g/mol. The summed E-state index contributed by atoms with van der Waals surface area (Å²) in [4.78, 5) is 0. The molecule has 1 unspecified atom stereocenters. The molecule has 8 heavy (non-hydrogen) atoms. The molecule has 0 aliphatic rings. The van der Waals surface area contributed by atoms with Crippen molar-refractivity contribution in [3.63, 3.8) is 0 Å². The Morgan fingerprint density at radius 1 is 1.62 bits per heavy atom. The Kier molecular flexibility index (Phi) is 5.01. The van der Waals surface area contributed by atoms with Crippen molar-refractivity contribution in [2.45, 2.75) is 25.8 Å². The second kappa shape index (κ2) is 5.06. The summed E-state index contributed by atoms with van der Waals surface area (Å²) in [5, 5.41) is 3.03. The third kappa shape index (κ3) is 4.09. The van der Waals surface area contributed by atoms with Gasteiger partial charge in [-0.2, -0.15) is 0 Å². The molecule has 0 amide bonds. The second-order valence-electron chi connectivity index (χ2n) is 2.11. The fraction of sp³-hybridized carbons (Fsp3) is 1.00. The van der Waals surface area contributed by atoms with Gasteiger partial charge in [0.1, 0.15) is 0 Å². The van der Waals surface area contributed by atoms with Crippen molar-refractivity contribution in [2.75, 3.05) is 13.6 Å². The lowest BCUT2D eigenvalue weighted by Gasteiger charge is -2.07. The molecule has 0 saturated carbocycles. The van der Waals surface area contributed by atoms with Crippen LogP contribution in [0.15, 0.2) is 0 Å². The monoisotopic (exact) mass is 116 g/mol. The highest BCUT2D eigenvalue weighted by Gasteiger charge is 1.95. The highest BCUT2D eigenvalue weighted by molar-refractivity contribution is 4.60. The van der Waals surface area contributed by atoms with E-state index in [9.17, 15) is 0 Å². The number of nitrogens with two attached hydrogens (primary N) is 1. The first-order chi connectivity index (χ1) is 3.81. The Labute approximate surface area is 51.5 Å². The predicted octanol–water partition coefficient (Wildman–Crippen LogP) is 0.333. The SMILES string of the molecule is CCCC(N)CNC. The van der Waals surface area contributed by atoms with Gasteiger partial charge >= 0.3 is 0 Å². The molecular formula is C6H16N2. The topological polar surface area (TPSA) is 38.0 Å². The summed E-state index contributed by atoms with van der Waals surface area (Å²) >= 11 is 0. The summed E-state index contributed by atoms with van der Waals surface area (Å²) in [5.74, 6) is 0. The third-order valence-electron chi connectivity index (χ3n) is 1.13. The Balaban J connectivity index is 2.92. The lowest BCUT2D eigenvalue weighted by molar-refractivity contribution is 0.569. The molecule has 0 spiro atoms. The molecule has 0 heterocycles. The summed E-state index contributed by atoms with van der Waals surface area (Å²) in [5.41, 5.74) is 5.63. The fourth-order valence-electron chi connectivity index (χ4n) is 0.735. The molecule has 0 saturated heterocycles. The van der Waals surface area contributed by atoms with Crippen LogP contribution in [0.3, 0.4) is 0 Å². The standard InChI is InChI=1S/C6H16N2/c1-3-4-6(7)5-8-2/h6,8H,3-5,7H2,1-2H3. The van der Waals surface area contributed by atoms with Crippen LogP contribution in [0.2, 0.25) is 0 Å². The lowest BCUT2D eigenvalue weighted by Crippen LogP contribution is -2.31. The van der Waals surface area contributed by atoms with E-state index in [1.807, 2.05) is 7.05 Å². The smallest absolute Gasteiger partial charge is 0.0165 e. The van der Waals surface area contributed by atoms with Gasteiger partial charge in [-0.15, -0.1) is 0 Å². The summed E-state index contributed by atoms with van der Waals surface area (Å²) in [7, 11) is 1.93. The van der Waals surface area contributed by atoms with E-state index < -0.39 is 0 Å². The van der Waals surface area contributed by atoms with Crippen molar-refractivity contribution in [3.05, 3.63) is 0 Å². The first kappa shape index (κ1) is 7.92. The first-order valence-electron chi connectivity index (χ1n) is 3.21. The zero-order chi connectivity index (χ0) is 6.41. The molecule has 0 fully saturated rings. The minimum absolute atomic E-state index is 0.352. The van der Waals surface area contributed by atoms with Crippen LogP contribution in [-0.4, -0.2) is 19.6 Å². The molecule has 2 heteroatoms. The molecule has 0 radical (unpaired) electrons. The van der Waals surface area contributed by atoms with Crippen LogP contribution in [0, 0.1) is 0 Å². The molecule has 2 nitrogen and oxygen atoms in total. The summed E-state index contributed by atoms with van der Waals surface area (Å²) in [6, 6.07) is 0.352. The van der Waals surface area contributed by atoms with Crippen LogP contribution < -0.4 is 11.1 Å². The van der Waals surface area contributed by atoms with E-state index in [2.05, 4.69) is 12.2 Å². The number of nitrogens with one attached hydrogen (secondary N) is 1. The third-order valence-corrected chi connectivity index (χ3v) is 1.13. The number of hydrogen-bond donors (Lipinski definition) is 2. The molecule has 0 aromatic rings. The average molecular weight is 116 g/mol. The van der Waals surface area contributed by atoms with E-state index in [0.717, 1.165) is 13.0 Å². The molecule has 1 atom stereocenters. The Morgan fingerprint density at radius 3 is 2.62 bits per heavy atom. The maximum atomic E-state index is 5.63. The van der Waals surface area contributed by atoms with Gasteiger partial charge in [-0.25, -0.2) is 0 Å². The van der Waals surface area contributed by atoms with Gasteiger partial charge in [-0.1, -0.05) is 13.3 Å². The number of hydrogen-bond acceptors (Lipinski definition) is 2. The van der Waals surface area contributed by atoms with Crippen LogP contribution in [0.1, 0.15) is 19.8 Å². The van der Waals surface area contributed by atoms with Gasteiger partial charge < -0.3 is 11.1 Å². The second-order valence-corrected chi connectivity index (χ2v) is 2.11. The van der Waals surface area contributed by atoms with E-state index >= 15 is 0 Å². The van der Waals surface area contributed by atoms with Crippen LogP contribution in [0.25, 0.3) is 0 Å². The Morgan fingerprint density at radius 2 is 2.25 bits per heavy atom. The maximum Gasteiger partial charge on any atom is 0.0165 e. The van der Waals surface area contributed by atoms with E-state index in [-0.39, 0.29) is 0 Å². The quantitative estimate of drug-likeness (QED) is 0.555. The van der Waals surface area contributed by atoms with Gasteiger partial charge in [0.05, 0.1) is 0 Å². The van der Waals surface area contributed by atoms with Gasteiger partial charge in [-0.05, 0) is 13.5 Å². The van der Waals surface area contributed by atoms with Crippen molar-refractivity contribution < 1.29 is 0 Å². The molecule has 3 N–H and O–H groups in total. The molecule has 0 rings (SSSR count). The fourth-order valence-corrected chi connectivity index (χ4v) is 0.735. The van der Waals surface area contributed by atoms with E-state index in [1.165, 1.54) is 6.42 Å². The van der Waals surface area contributed by atoms with Crippen LogP contribution in [0.4, 0.5) is 0 Å². The van der Waals surface area contributed by atoms with Crippen molar-refractivity contribution in [2.24, 2.45) is 5.73 Å². The van der Waals surface area contributed by atoms with Crippen molar-refractivity contribution in [1.29, 1.82) is 0 Å². The summed E-state index contributed by atoms with van der Waals surface area (Å²) in [6.07, 6.45) is 2.31. The van der Waals surface area contributed by atoms with Crippen LogP contribution in [0.5, 0.6) is 0 Å². The largest absolute Gasteiger partial charge is 0.327 e. The highest BCUT2D eigenvalue weighted by atomic mass is 14.9. The Hall–Kier alpha value is -0.0800. The Bertz CT molecular complexity index is 39.8. The van der Waals surface area contributed by atoms with Gasteiger partial charge in [0.2, 0.25) is 0 Å². The zero-order valence-electron chi connectivity index (χ0n) is 5.78. The maximum absolute atomic E-state index is 5.63. The molecule has 50 valence electrons. The normalized spacial score (nSPS) is 13.9. The zero-order valence-corrected chi connectivity index (χ0v) is 5.78. The lowest BCUT2D eigenvalue weighted by atomic mass is 10.2. The van der Waals surface area contributed by atoms with Crippen molar-refractivity contribution >= 4 is 0 Å². The minimum atomic E-state index is 0.352. The molecule has 0 aromatic carbocycles. The van der Waals surface area contributed by atoms with Crippen LogP contribution >= 0.6 is 0 Å². The van der Waals surface area contributed by atoms with Gasteiger partial charge in [0.25, 0.3) is 0 Å². The van der Waals surface area contributed by atoms with Crippen molar-refractivity contribution in [1.82, 2.24) is 5.32 Å². The molecule has 0 aromatic heterocycles. The van der Waals surface area contributed by atoms with E-state index in [1.54, 1.807) is 0 Å². The number of rotatable bonds is 4. The minimum Gasteiger partial charge on any atom is -0.327 e. The summed E-state index contributed by atoms with van der Waals surface area (Å²) < 4.78 is 0. The van der Waals surface area contributed by atoms with Gasteiger partial charge in [0.15, 0.2) is 0 Å². The summed E-state index contributed by atoms with van der Waals surface area (Å²) in [6.45, 7) is 3.09. The van der Waals surface area contributed by atoms with Gasteiger partial charge in [-0.3, -0.25) is 0 Å². The molecule has 0 bridgehead atoms. The number of likely N-dealkylation sites (N-methyl/N-ethyl adjacent to an activating group) is 1. The first-order valence-corrected chi connectivity index (χ1v) is 3.21. The van der Waals surface area contributed by atoms with Crippen molar-refractivity contribution in [3.8, 4) is 0 Å². The van der Waals surface area contributed by atoms with Crippen LogP contribution in [-0.2, 0) is 0 Å². The molecule has 0 aliphatic carbocycles. The van der Waals surface area contributed by atoms with E-state index in [4.69, 9.17) is 5.73 Å². The molecule has 0 aliphatic heterocycles. The predicted molar refractivity (Wildman–Crippen MR) is 36.8 cm³/mol.